The van der Waals surface area contributed by atoms with Crippen LogP contribution in [0.5, 0.6) is 0 Å². The monoisotopic (exact) mass is 456 g/mol. The zero-order valence-corrected chi connectivity index (χ0v) is 17.6. The van der Waals surface area contributed by atoms with E-state index in [1.165, 1.54) is 36.3 Å². The van der Waals surface area contributed by atoms with Gasteiger partial charge in [-0.3, -0.25) is 14.9 Å². The molecule has 0 aliphatic heterocycles. The lowest BCUT2D eigenvalue weighted by molar-refractivity contribution is -0.384. The predicted molar refractivity (Wildman–Crippen MR) is 120 cm³/mol. The number of nitrogens with one attached hydrogen (secondary N) is 1. The first kappa shape index (κ1) is 20.3. The minimum atomic E-state index is -0.542. The fourth-order valence-corrected chi connectivity index (χ4v) is 4.74. The van der Waals surface area contributed by atoms with Crippen molar-refractivity contribution >= 4 is 62.2 Å². The number of hydrogen-bond acceptors (Lipinski definition) is 7. The van der Waals surface area contributed by atoms with E-state index >= 15 is 0 Å². The van der Waals surface area contributed by atoms with Gasteiger partial charge < -0.3 is 5.32 Å². The number of non-ortho nitro benzene ring substituents is 1. The Bertz CT molecular complexity index is 1250. The molecule has 4 rings (SSSR count). The maximum atomic E-state index is 12.4. The van der Waals surface area contributed by atoms with Crippen molar-refractivity contribution in [2.75, 3.05) is 11.1 Å². The molecule has 0 unspecified atom stereocenters. The van der Waals surface area contributed by atoms with Crippen LogP contribution in [0.3, 0.4) is 0 Å². The summed E-state index contributed by atoms with van der Waals surface area (Å²) in [5.74, 6) is -0.269. The average Bonchev–Trinajstić information content (AvgIpc) is 3.19. The molecule has 2 aromatic carbocycles. The molecule has 0 aliphatic rings. The maximum Gasteiger partial charge on any atom is 0.271 e. The van der Waals surface area contributed by atoms with Crippen LogP contribution < -0.4 is 5.32 Å². The van der Waals surface area contributed by atoms with Crippen molar-refractivity contribution in [1.82, 2.24) is 9.97 Å². The first-order valence-corrected chi connectivity index (χ1v) is 10.9. The van der Waals surface area contributed by atoms with Crippen LogP contribution in [0.25, 0.3) is 20.7 Å². The summed E-state index contributed by atoms with van der Waals surface area (Å²) < 4.78 is 0. The van der Waals surface area contributed by atoms with Crippen molar-refractivity contribution in [1.29, 1.82) is 0 Å². The number of fused-ring (bicyclic) bond motifs is 1. The van der Waals surface area contributed by atoms with Crippen LogP contribution in [0.4, 0.5) is 11.4 Å². The Balaban J connectivity index is 1.50. The molecule has 7 nitrogen and oxygen atoms in total. The summed E-state index contributed by atoms with van der Waals surface area (Å²) in [6.45, 7) is 0. The van der Waals surface area contributed by atoms with Gasteiger partial charge in [-0.15, -0.1) is 11.3 Å². The van der Waals surface area contributed by atoms with Crippen LogP contribution in [0, 0.1) is 10.1 Å². The van der Waals surface area contributed by atoms with E-state index < -0.39 is 4.92 Å². The third kappa shape index (κ3) is 4.43. The van der Waals surface area contributed by atoms with Crippen LogP contribution in [-0.2, 0) is 4.79 Å². The molecule has 0 spiro atoms. The van der Waals surface area contributed by atoms with Gasteiger partial charge in [-0.1, -0.05) is 53.7 Å². The highest BCUT2D eigenvalue weighted by Crippen LogP contribution is 2.36. The molecule has 0 saturated heterocycles. The second-order valence-corrected chi connectivity index (χ2v) is 8.53. The quantitative estimate of drug-likeness (QED) is 0.174. The summed E-state index contributed by atoms with van der Waals surface area (Å²) in [5.41, 5.74) is 1.15. The summed E-state index contributed by atoms with van der Waals surface area (Å²) in [7, 11) is 0. The van der Waals surface area contributed by atoms with E-state index in [1.54, 1.807) is 11.3 Å². The second-order valence-electron chi connectivity index (χ2n) is 6.13. The van der Waals surface area contributed by atoms with Crippen LogP contribution in [0.2, 0.25) is 5.02 Å². The van der Waals surface area contributed by atoms with Crippen molar-refractivity contribution in [2.45, 2.75) is 5.03 Å². The molecule has 0 fully saturated rings. The summed E-state index contributed by atoms with van der Waals surface area (Å²) in [6, 6.07) is 15.9. The van der Waals surface area contributed by atoms with Gasteiger partial charge in [-0.25, -0.2) is 9.97 Å². The summed E-state index contributed by atoms with van der Waals surface area (Å²) in [6.07, 6.45) is 1.48. The Morgan fingerprint density at radius 1 is 1.17 bits per heavy atom. The van der Waals surface area contributed by atoms with Crippen LogP contribution in [0.15, 0.2) is 66.0 Å². The number of hydrogen-bond donors (Lipinski definition) is 1. The summed E-state index contributed by atoms with van der Waals surface area (Å²) >= 11 is 8.87. The van der Waals surface area contributed by atoms with Gasteiger partial charge in [-0.05, 0) is 17.7 Å². The molecule has 150 valence electrons. The van der Waals surface area contributed by atoms with E-state index in [-0.39, 0.29) is 28.1 Å². The molecular weight excluding hydrogens is 444 g/mol. The Hall–Kier alpha value is -3.01. The van der Waals surface area contributed by atoms with E-state index in [2.05, 4.69) is 15.3 Å². The van der Waals surface area contributed by atoms with Gasteiger partial charge in [0.15, 0.2) is 0 Å². The zero-order chi connectivity index (χ0) is 21.1. The molecule has 0 saturated carbocycles. The number of amides is 1. The zero-order valence-electron chi connectivity index (χ0n) is 15.2. The fourth-order valence-electron chi connectivity index (χ4n) is 2.74. The van der Waals surface area contributed by atoms with Crippen molar-refractivity contribution in [2.24, 2.45) is 0 Å². The van der Waals surface area contributed by atoms with Gasteiger partial charge in [0.05, 0.1) is 21.4 Å². The number of nitrogens with zero attached hydrogens (tertiary/aromatic N) is 3. The van der Waals surface area contributed by atoms with Crippen molar-refractivity contribution in [3.05, 3.63) is 76.1 Å². The minimum Gasteiger partial charge on any atom is -0.324 e. The molecule has 0 radical (unpaired) electrons. The number of anilines is 1. The minimum absolute atomic E-state index is 0.0711. The summed E-state index contributed by atoms with van der Waals surface area (Å²) in [4.78, 5) is 33.3. The van der Waals surface area contributed by atoms with Gasteiger partial charge in [-0.2, -0.15) is 0 Å². The van der Waals surface area contributed by atoms with Crippen LogP contribution in [-0.4, -0.2) is 26.6 Å². The Labute approximate surface area is 184 Å². The third-order valence-corrected chi connectivity index (χ3v) is 6.55. The van der Waals surface area contributed by atoms with E-state index in [9.17, 15) is 14.9 Å². The first-order valence-electron chi connectivity index (χ1n) is 8.68. The second kappa shape index (κ2) is 8.78. The number of benzene rings is 2. The van der Waals surface area contributed by atoms with Gasteiger partial charge >= 0.3 is 0 Å². The Kier molecular flexibility index (Phi) is 5.93. The number of nitro groups is 1. The smallest absolute Gasteiger partial charge is 0.271 e. The lowest BCUT2D eigenvalue weighted by atomic mass is 10.2. The van der Waals surface area contributed by atoms with E-state index in [1.807, 2.05) is 36.4 Å². The SMILES string of the molecule is O=C(CSc1ncnc2sc(-c3ccccc3)cc12)Nc1cc([N+](=O)[O-])ccc1Cl. The number of thiophene rings is 1. The lowest BCUT2D eigenvalue weighted by Gasteiger charge is -2.07. The molecular formula is C20H13ClN4O3S2. The third-order valence-electron chi connectivity index (χ3n) is 4.13. The molecule has 10 heteroatoms. The lowest BCUT2D eigenvalue weighted by Crippen LogP contribution is -2.14. The summed E-state index contributed by atoms with van der Waals surface area (Å²) in [5, 5.41) is 15.3. The molecule has 4 aromatic rings. The van der Waals surface area contributed by atoms with Gasteiger partial charge in [0, 0.05) is 22.4 Å². The number of carbonyl (C=O) groups is 1. The maximum absolute atomic E-state index is 12.4. The van der Waals surface area contributed by atoms with Crippen molar-refractivity contribution in [3.8, 4) is 10.4 Å². The van der Waals surface area contributed by atoms with Gasteiger partial charge in [0.1, 0.15) is 16.2 Å². The van der Waals surface area contributed by atoms with Gasteiger partial charge in [0.25, 0.3) is 5.69 Å². The highest BCUT2D eigenvalue weighted by Gasteiger charge is 2.15. The fraction of sp³-hybridized carbons (Fsp3) is 0.0500. The number of carbonyl (C=O) groups excluding carboxylic acids is 1. The molecule has 0 aliphatic carbocycles. The molecule has 1 N–H and O–H groups in total. The van der Waals surface area contributed by atoms with E-state index in [0.29, 0.717) is 5.03 Å². The topological polar surface area (TPSA) is 98.0 Å². The Morgan fingerprint density at radius 3 is 2.73 bits per heavy atom. The standard InChI is InChI=1S/C20H13ClN4O3S2/c21-15-7-6-13(25(27)28)8-16(15)24-18(26)10-29-19-14-9-17(12-4-2-1-3-5-12)30-20(14)23-11-22-19/h1-9,11H,10H2,(H,24,26). The van der Waals surface area contributed by atoms with Crippen molar-refractivity contribution < 1.29 is 9.72 Å². The van der Waals surface area contributed by atoms with E-state index in [0.717, 1.165) is 20.7 Å². The molecule has 2 heterocycles. The first-order chi connectivity index (χ1) is 14.5. The largest absolute Gasteiger partial charge is 0.324 e. The normalized spacial score (nSPS) is 10.8. The van der Waals surface area contributed by atoms with Gasteiger partial charge in [0.2, 0.25) is 5.91 Å². The number of thioether (sulfide) groups is 1. The van der Waals surface area contributed by atoms with Crippen LogP contribution >= 0.6 is 34.7 Å². The number of aromatic nitrogens is 2. The molecule has 30 heavy (non-hydrogen) atoms. The molecule has 1 amide bonds. The highest BCUT2D eigenvalue weighted by molar-refractivity contribution is 8.00. The number of rotatable bonds is 6. The predicted octanol–water partition coefficient (Wildman–Crippen LogP) is 5.65. The number of nitro benzene ring substituents is 1. The van der Waals surface area contributed by atoms with E-state index in [4.69, 9.17) is 11.6 Å². The average molecular weight is 457 g/mol. The highest BCUT2D eigenvalue weighted by atomic mass is 35.5. The number of halogens is 1. The Morgan fingerprint density at radius 2 is 1.97 bits per heavy atom. The van der Waals surface area contributed by atoms with Crippen LogP contribution in [0.1, 0.15) is 0 Å². The molecule has 0 atom stereocenters. The molecule has 0 bridgehead atoms. The van der Waals surface area contributed by atoms with Crippen molar-refractivity contribution in [3.63, 3.8) is 0 Å². The molecule has 2 aromatic heterocycles.